The number of aromatic amines is 1. The Bertz CT molecular complexity index is 618. The maximum Gasteiger partial charge on any atom is 0.272 e. The highest BCUT2D eigenvalue weighted by molar-refractivity contribution is 5.94. The zero-order valence-electron chi connectivity index (χ0n) is 14.0. The lowest BCUT2D eigenvalue weighted by Crippen LogP contribution is -2.47. The molecule has 3 aliphatic rings. The molecule has 3 aliphatic carbocycles. The van der Waals surface area contributed by atoms with E-state index in [9.17, 15) is 4.79 Å². The molecule has 0 radical (unpaired) electrons. The van der Waals surface area contributed by atoms with Crippen LogP contribution in [0.4, 0.5) is 0 Å². The number of hydrogen-bond acceptors (Lipinski definition) is 2. The summed E-state index contributed by atoms with van der Waals surface area (Å²) in [7, 11) is 0. The van der Waals surface area contributed by atoms with Crippen LogP contribution in [-0.2, 0) is 12.8 Å². The molecule has 0 saturated heterocycles. The summed E-state index contributed by atoms with van der Waals surface area (Å²) >= 11 is 0. The monoisotopic (exact) mass is 301 g/mol. The van der Waals surface area contributed by atoms with E-state index in [0.29, 0.717) is 17.2 Å². The molecule has 3 atom stereocenters. The Hall–Kier alpha value is -1.32. The summed E-state index contributed by atoms with van der Waals surface area (Å²) in [6.07, 6.45) is 8.07. The first-order valence-corrected chi connectivity index (χ1v) is 8.80. The van der Waals surface area contributed by atoms with Crippen molar-refractivity contribution in [3.63, 3.8) is 0 Å². The molecular formula is C18H27N3O. The number of H-pyrrole nitrogens is 1. The summed E-state index contributed by atoms with van der Waals surface area (Å²) in [5, 5.41) is 10.7. The highest BCUT2D eigenvalue weighted by Gasteiger charge is 2.61. The lowest BCUT2D eigenvalue weighted by molar-refractivity contribution is 0.0820. The SMILES string of the molecule is CC1(C)C2CCC1(C)C(NC(=O)c1n[nH]c3c1CCCC3)C2. The number of carbonyl (C=O) groups excluding carboxylic acids is 1. The molecule has 4 rings (SSSR count). The van der Waals surface area contributed by atoms with Crippen LogP contribution in [-0.4, -0.2) is 22.1 Å². The highest BCUT2D eigenvalue weighted by atomic mass is 16.2. The van der Waals surface area contributed by atoms with Crippen molar-refractivity contribution in [3.05, 3.63) is 17.0 Å². The fraction of sp³-hybridized carbons (Fsp3) is 0.778. The average molecular weight is 301 g/mol. The van der Waals surface area contributed by atoms with Crippen LogP contribution in [0.5, 0.6) is 0 Å². The van der Waals surface area contributed by atoms with E-state index in [1.54, 1.807) is 0 Å². The number of carbonyl (C=O) groups is 1. The molecule has 120 valence electrons. The zero-order valence-corrected chi connectivity index (χ0v) is 14.0. The fourth-order valence-electron chi connectivity index (χ4n) is 5.32. The standard InChI is InChI=1S/C18H27N3O/c1-17(2)11-8-9-18(17,3)14(10-11)19-16(22)15-12-6-4-5-7-13(12)20-21-15/h11,14H,4-10H2,1-3H3,(H,19,22)(H,20,21). The molecule has 1 aromatic heterocycles. The molecule has 0 spiro atoms. The van der Waals surface area contributed by atoms with E-state index < -0.39 is 0 Å². The Morgan fingerprint density at radius 3 is 2.73 bits per heavy atom. The van der Waals surface area contributed by atoms with Gasteiger partial charge >= 0.3 is 0 Å². The summed E-state index contributed by atoms with van der Waals surface area (Å²) in [6, 6.07) is 0.296. The van der Waals surface area contributed by atoms with E-state index in [1.807, 2.05) is 0 Å². The molecule has 0 aliphatic heterocycles. The predicted molar refractivity (Wildman–Crippen MR) is 85.7 cm³/mol. The number of fused-ring (bicyclic) bond motifs is 3. The Balaban J connectivity index is 1.55. The van der Waals surface area contributed by atoms with E-state index in [0.717, 1.165) is 30.7 Å². The molecule has 2 bridgehead atoms. The highest BCUT2D eigenvalue weighted by Crippen LogP contribution is 2.65. The molecule has 4 heteroatoms. The third-order valence-corrected chi connectivity index (χ3v) is 7.37. The van der Waals surface area contributed by atoms with Gasteiger partial charge in [0.1, 0.15) is 0 Å². The van der Waals surface area contributed by atoms with Gasteiger partial charge in [-0.2, -0.15) is 5.10 Å². The van der Waals surface area contributed by atoms with Gasteiger partial charge in [-0.15, -0.1) is 0 Å². The van der Waals surface area contributed by atoms with Crippen molar-refractivity contribution >= 4 is 5.91 Å². The van der Waals surface area contributed by atoms with Gasteiger partial charge in [0.05, 0.1) is 0 Å². The summed E-state index contributed by atoms with van der Waals surface area (Å²) in [6.45, 7) is 7.13. The second-order valence-corrected chi connectivity index (χ2v) is 8.37. The van der Waals surface area contributed by atoms with Crippen LogP contribution in [0.15, 0.2) is 0 Å². The van der Waals surface area contributed by atoms with Crippen molar-refractivity contribution in [2.75, 3.05) is 0 Å². The van der Waals surface area contributed by atoms with Crippen LogP contribution in [0.2, 0.25) is 0 Å². The maximum atomic E-state index is 12.8. The van der Waals surface area contributed by atoms with Gasteiger partial charge < -0.3 is 5.32 Å². The average Bonchev–Trinajstić information content (AvgIpc) is 3.06. The third kappa shape index (κ3) is 1.76. The topological polar surface area (TPSA) is 57.8 Å². The van der Waals surface area contributed by atoms with Gasteiger partial charge in [-0.1, -0.05) is 20.8 Å². The first kappa shape index (κ1) is 14.3. The molecule has 3 unspecified atom stereocenters. The predicted octanol–water partition coefficient (Wildman–Crippen LogP) is 3.23. The van der Waals surface area contributed by atoms with E-state index in [1.165, 1.54) is 31.4 Å². The van der Waals surface area contributed by atoms with Crippen LogP contribution in [0.25, 0.3) is 0 Å². The molecule has 2 saturated carbocycles. The van der Waals surface area contributed by atoms with Crippen molar-refractivity contribution in [1.82, 2.24) is 15.5 Å². The molecule has 22 heavy (non-hydrogen) atoms. The summed E-state index contributed by atoms with van der Waals surface area (Å²) < 4.78 is 0. The van der Waals surface area contributed by atoms with Crippen molar-refractivity contribution < 1.29 is 4.79 Å². The quantitative estimate of drug-likeness (QED) is 0.881. The van der Waals surface area contributed by atoms with E-state index in [-0.39, 0.29) is 11.3 Å². The van der Waals surface area contributed by atoms with Crippen LogP contribution in [0.1, 0.15) is 74.6 Å². The Labute approximate surface area is 132 Å². The number of nitrogens with one attached hydrogen (secondary N) is 2. The number of nitrogens with zero attached hydrogens (tertiary/aromatic N) is 1. The van der Waals surface area contributed by atoms with Gasteiger partial charge in [-0.25, -0.2) is 0 Å². The Morgan fingerprint density at radius 2 is 2.05 bits per heavy atom. The van der Waals surface area contributed by atoms with Crippen LogP contribution in [0, 0.1) is 16.7 Å². The molecular weight excluding hydrogens is 274 g/mol. The summed E-state index contributed by atoms with van der Waals surface area (Å²) in [5.74, 6) is 0.782. The molecule has 2 N–H and O–H groups in total. The van der Waals surface area contributed by atoms with E-state index >= 15 is 0 Å². The van der Waals surface area contributed by atoms with Crippen LogP contribution < -0.4 is 5.32 Å². The van der Waals surface area contributed by atoms with Crippen molar-refractivity contribution in [2.45, 2.75) is 71.8 Å². The lowest BCUT2D eigenvalue weighted by atomic mass is 9.69. The lowest BCUT2D eigenvalue weighted by Gasteiger charge is -2.39. The summed E-state index contributed by atoms with van der Waals surface area (Å²) in [4.78, 5) is 12.8. The Morgan fingerprint density at radius 1 is 1.27 bits per heavy atom. The van der Waals surface area contributed by atoms with Gasteiger partial charge in [0.2, 0.25) is 0 Å². The number of aromatic nitrogens is 2. The van der Waals surface area contributed by atoms with Gasteiger partial charge in [0.25, 0.3) is 5.91 Å². The number of hydrogen-bond donors (Lipinski definition) is 2. The van der Waals surface area contributed by atoms with Gasteiger partial charge in [0.15, 0.2) is 5.69 Å². The van der Waals surface area contributed by atoms with E-state index in [4.69, 9.17) is 0 Å². The fourth-order valence-corrected chi connectivity index (χ4v) is 5.32. The molecule has 0 aromatic carbocycles. The molecule has 1 heterocycles. The van der Waals surface area contributed by atoms with Gasteiger partial charge in [-0.05, 0) is 61.7 Å². The zero-order chi connectivity index (χ0) is 15.5. The number of aryl methyl sites for hydroxylation is 1. The van der Waals surface area contributed by atoms with Crippen molar-refractivity contribution in [2.24, 2.45) is 16.7 Å². The molecule has 1 amide bonds. The summed E-state index contributed by atoms with van der Waals surface area (Å²) in [5.41, 5.74) is 3.55. The minimum Gasteiger partial charge on any atom is -0.347 e. The van der Waals surface area contributed by atoms with E-state index in [2.05, 4.69) is 36.3 Å². The minimum atomic E-state index is 0.0361. The first-order valence-electron chi connectivity index (χ1n) is 8.80. The number of rotatable bonds is 2. The largest absolute Gasteiger partial charge is 0.347 e. The van der Waals surface area contributed by atoms with Crippen molar-refractivity contribution in [1.29, 1.82) is 0 Å². The molecule has 1 aromatic rings. The van der Waals surface area contributed by atoms with Gasteiger partial charge in [0, 0.05) is 17.3 Å². The minimum absolute atomic E-state index is 0.0361. The Kier molecular flexibility index (Phi) is 2.98. The normalized spacial score (nSPS) is 35.4. The third-order valence-electron chi connectivity index (χ3n) is 7.37. The molecule has 2 fully saturated rings. The van der Waals surface area contributed by atoms with Crippen LogP contribution in [0.3, 0.4) is 0 Å². The maximum absolute atomic E-state index is 12.8. The van der Waals surface area contributed by atoms with Crippen molar-refractivity contribution in [3.8, 4) is 0 Å². The van der Waals surface area contributed by atoms with Crippen LogP contribution >= 0.6 is 0 Å². The first-order chi connectivity index (χ1) is 10.4. The van der Waals surface area contributed by atoms with Gasteiger partial charge in [-0.3, -0.25) is 9.89 Å². The molecule has 4 nitrogen and oxygen atoms in total. The number of amides is 1. The second kappa shape index (κ2) is 4.59. The second-order valence-electron chi connectivity index (χ2n) is 8.37. The smallest absolute Gasteiger partial charge is 0.272 e.